The Morgan fingerprint density at radius 3 is 2.39 bits per heavy atom. The summed E-state index contributed by atoms with van der Waals surface area (Å²) < 4.78 is 74.5. The third-order valence-corrected chi connectivity index (χ3v) is 2.67. The van der Waals surface area contributed by atoms with E-state index < -0.39 is 34.9 Å². The number of alkyl halides is 4. The zero-order valence-corrected chi connectivity index (χ0v) is 9.50. The Kier molecular flexibility index (Phi) is 4.12. The SMILES string of the molecule is NS(=O)(=O)c1ccc(OCC(F)(F)C(F)F)nc1. The van der Waals surface area contributed by atoms with Crippen molar-refractivity contribution >= 4 is 10.0 Å². The number of halogens is 4. The number of aromatic nitrogens is 1. The summed E-state index contributed by atoms with van der Waals surface area (Å²) >= 11 is 0. The van der Waals surface area contributed by atoms with Crippen molar-refractivity contribution < 1.29 is 30.7 Å². The first-order valence-electron chi connectivity index (χ1n) is 4.40. The van der Waals surface area contributed by atoms with E-state index in [1.165, 1.54) is 0 Å². The van der Waals surface area contributed by atoms with Crippen molar-refractivity contribution in [1.29, 1.82) is 0 Å². The fraction of sp³-hybridized carbons (Fsp3) is 0.375. The number of nitrogens with zero attached hydrogens (tertiary/aromatic N) is 1. The molecule has 0 aliphatic carbocycles. The number of hydrogen-bond acceptors (Lipinski definition) is 4. The third kappa shape index (κ3) is 3.81. The normalized spacial score (nSPS) is 12.8. The average molecular weight is 288 g/mol. The van der Waals surface area contributed by atoms with E-state index in [0.717, 1.165) is 18.3 Å². The highest BCUT2D eigenvalue weighted by Gasteiger charge is 2.41. The van der Waals surface area contributed by atoms with Crippen LogP contribution in [-0.2, 0) is 10.0 Å². The van der Waals surface area contributed by atoms with Crippen LogP contribution in [0.4, 0.5) is 17.6 Å². The van der Waals surface area contributed by atoms with Crippen LogP contribution in [-0.4, -0.2) is 32.4 Å². The van der Waals surface area contributed by atoms with Gasteiger partial charge in [-0.15, -0.1) is 0 Å². The Bertz CT molecular complexity index is 504. The van der Waals surface area contributed by atoms with Crippen LogP contribution in [0.5, 0.6) is 5.88 Å². The van der Waals surface area contributed by atoms with Crippen LogP contribution in [0.3, 0.4) is 0 Å². The molecule has 0 aromatic carbocycles. The predicted molar refractivity (Wildman–Crippen MR) is 52.1 cm³/mol. The van der Waals surface area contributed by atoms with Crippen LogP contribution in [0.25, 0.3) is 0 Å². The van der Waals surface area contributed by atoms with Gasteiger partial charge in [0.15, 0.2) is 6.61 Å². The molecule has 0 bridgehead atoms. The molecule has 0 unspecified atom stereocenters. The van der Waals surface area contributed by atoms with E-state index in [2.05, 4.69) is 9.72 Å². The maximum atomic E-state index is 12.5. The lowest BCUT2D eigenvalue weighted by Crippen LogP contribution is -2.33. The van der Waals surface area contributed by atoms with E-state index in [0.29, 0.717) is 0 Å². The molecule has 2 N–H and O–H groups in total. The fourth-order valence-corrected chi connectivity index (χ4v) is 1.31. The van der Waals surface area contributed by atoms with Crippen molar-refractivity contribution in [3.63, 3.8) is 0 Å². The summed E-state index contributed by atoms with van der Waals surface area (Å²) in [5, 5.41) is 4.76. The Balaban J connectivity index is 2.71. The number of pyridine rings is 1. The summed E-state index contributed by atoms with van der Waals surface area (Å²) in [6.07, 6.45) is -3.09. The van der Waals surface area contributed by atoms with Gasteiger partial charge in [-0.1, -0.05) is 0 Å². The second-order valence-corrected chi connectivity index (χ2v) is 4.79. The first kappa shape index (κ1) is 14.6. The molecular formula is C8H8F4N2O3S. The lowest BCUT2D eigenvalue weighted by molar-refractivity contribution is -0.148. The van der Waals surface area contributed by atoms with Gasteiger partial charge in [0.1, 0.15) is 4.90 Å². The van der Waals surface area contributed by atoms with E-state index >= 15 is 0 Å². The Morgan fingerprint density at radius 2 is 2.00 bits per heavy atom. The van der Waals surface area contributed by atoms with E-state index in [9.17, 15) is 26.0 Å². The van der Waals surface area contributed by atoms with Crippen molar-refractivity contribution in [2.24, 2.45) is 5.14 Å². The molecule has 1 heterocycles. The van der Waals surface area contributed by atoms with Gasteiger partial charge in [0.05, 0.1) is 6.20 Å². The first-order valence-corrected chi connectivity index (χ1v) is 5.95. The van der Waals surface area contributed by atoms with E-state index in [1.807, 2.05) is 0 Å². The van der Waals surface area contributed by atoms with Crippen LogP contribution in [0, 0.1) is 0 Å². The molecule has 0 spiro atoms. The molecule has 0 aliphatic heterocycles. The molecule has 0 radical (unpaired) electrons. The number of sulfonamides is 1. The summed E-state index contributed by atoms with van der Waals surface area (Å²) in [5.41, 5.74) is 0. The third-order valence-electron chi connectivity index (χ3n) is 1.77. The Morgan fingerprint density at radius 1 is 1.39 bits per heavy atom. The molecule has 1 rings (SSSR count). The number of rotatable bonds is 5. The minimum atomic E-state index is -4.31. The van der Waals surface area contributed by atoms with Crippen molar-refractivity contribution in [3.05, 3.63) is 18.3 Å². The highest BCUT2D eigenvalue weighted by atomic mass is 32.2. The zero-order valence-electron chi connectivity index (χ0n) is 8.69. The second-order valence-electron chi connectivity index (χ2n) is 3.23. The predicted octanol–water partition coefficient (Wildman–Crippen LogP) is 1.01. The van der Waals surface area contributed by atoms with Crippen LogP contribution < -0.4 is 9.88 Å². The quantitative estimate of drug-likeness (QED) is 0.820. The lowest BCUT2D eigenvalue weighted by Gasteiger charge is -2.15. The van der Waals surface area contributed by atoms with Crippen LogP contribution in [0.2, 0.25) is 0 Å². The van der Waals surface area contributed by atoms with Crippen molar-refractivity contribution in [2.75, 3.05) is 6.61 Å². The van der Waals surface area contributed by atoms with Gasteiger partial charge in [0.2, 0.25) is 15.9 Å². The smallest absolute Gasteiger partial charge is 0.340 e. The number of primary sulfonamides is 1. The van der Waals surface area contributed by atoms with Gasteiger partial charge in [0.25, 0.3) is 0 Å². The molecule has 0 aliphatic rings. The molecule has 102 valence electrons. The molecule has 0 amide bonds. The number of hydrogen-bond donors (Lipinski definition) is 1. The van der Waals surface area contributed by atoms with Gasteiger partial charge in [-0.3, -0.25) is 0 Å². The Hall–Kier alpha value is -1.42. The maximum Gasteiger partial charge on any atom is 0.340 e. The standard InChI is InChI=1S/C8H8F4N2O3S/c9-7(10)8(11,12)4-17-6-2-1-5(3-14-6)18(13,15)16/h1-3,7H,4H2,(H2,13,15,16). The number of nitrogens with two attached hydrogens (primary N) is 1. The second kappa shape index (κ2) is 5.06. The summed E-state index contributed by atoms with van der Waals surface area (Å²) in [4.78, 5) is 3.00. The zero-order chi connectivity index (χ0) is 14.0. The molecule has 0 saturated heterocycles. The summed E-state index contributed by atoms with van der Waals surface area (Å²) in [5.74, 6) is -4.72. The molecule has 18 heavy (non-hydrogen) atoms. The lowest BCUT2D eigenvalue weighted by atomic mass is 10.4. The fourth-order valence-electron chi connectivity index (χ4n) is 0.854. The molecule has 0 saturated carbocycles. The minimum Gasteiger partial charge on any atom is -0.471 e. The van der Waals surface area contributed by atoms with Gasteiger partial charge in [-0.2, -0.15) is 8.78 Å². The summed E-state index contributed by atoms with van der Waals surface area (Å²) in [7, 11) is -3.96. The molecule has 5 nitrogen and oxygen atoms in total. The van der Waals surface area contributed by atoms with Crippen LogP contribution >= 0.6 is 0 Å². The molecule has 10 heteroatoms. The van der Waals surface area contributed by atoms with E-state index in [4.69, 9.17) is 5.14 Å². The monoisotopic (exact) mass is 288 g/mol. The van der Waals surface area contributed by atoms with E-state index in [1.54, 1.807) is 0 Å². The van der Waals surface area contributed by atoms with Gasteiger partial charge >= 0.3 is 12.3 Å². The minimum absolute atomic E-state index is 0.351. The first-order chi connectivity index (χ1) is 8.13. The average Bonchev–Trinajstić information content (AvgIpc) is 2.25. The van der Waals surface area contributed by atoms with Gasteiger partial charge < -0.3 is 4.74 Å². The number of ether oxygens (including phenoxy) is 1. The topological polar surface area (TPSA) is 82.3 Å². The largest absolute Gasteiger partial charge is 0.471 e. The molecule has 0 atom stereocenters. The van der Waals surface area contributed by atoms with Gasteiger partial charge in [-0.25, -0.2) is 27.3 Å². The summed E-state index contributed by atoms with van der Waals surface area (Å²) in [6.45, 7) is -1.56. The van der Waals surface area contributed by atoms with Crippen molar-refractivity contribution in [2.45, 2.75) is 17.2 Å². The molecule has 0 fully saturated rings. The van der Waals surface area contributed by atoms with Crippen molar-refractivity contribution in [3.8, 4) is 5.88 Å². The highest BCUT2D eigenvalue weighted by molar-refractivity contribution is 7.89. The van der Waals surface area contributed by atoms with Crippen LogP contribution in [0.1, 0.15) is 0 Å². The molecule has 1 aromatic rings. The highest BCUT2D eigenvalue weighted by Crippen LogP contribution is 2.23. The Labute approximate surface area is 99.6 Å². The van der Waals surface area contributed by atoms with Gasteiger partial charge in [-0.05, 0) is 6.07 Å². The van der Waals surface area contributed by atoms with Crippen LogP contribution in [0.15, 0.2) is 23.2 Å². The molecule has 1 aromatic heterocycles. The van der Waals surface area contributed by atoms with Gasteiger partial charge in [0, 0.05) is 6.07 Å². The maximum absolute atomic E-state index is 12.5. The summed E-state index contributed by atoms with van der Waals surface area (Å²) in [6, 6.07) is 1.89. The van der Waals surface area contributed by atoms with Crippen molar-refractivity contribution in [1.82, 2.24) is 4.98 Å². The van der Waals surface area contributed by atoms with E-state index in [-0.39, 0.29) is 4.90 Å². The molecular weight excluding hydrogens is 280 g/mol.